The van der Waals surface area contributed by atoms with Crippen molar-refractivity contribution in [3.8, 4) is 5.75 Å². The molecule has 3 rings (SSSR count). The number of H-pyrrole nitrogens is 1. The maximum Gasteiger partial charge on any atom is 0.272 e. The molecule has 2 aromatic heterocycles. The maximum atomic E-state index is 12.6. The fourth-order valence-corrected chi connectivity index (χ4v) is 2.76. The lowest BCUT2D eigenvalue weighted by Gasteiger charge is -2.21. The number of pyridine rings is 1. The summed E-state index contributed by atoms with van der Waals surface area (Å²) in [6, 6.07) is 5.41. The van der Waals surface area contributed by atoms with Gasteiger partial charge in [0.2, 0.25) is 0 Å². The minimum Gasteiger partial charge on any atom is -0.497 e. The van der Waals surface area contributed by atoms with Crippen molar-refractivity contribution < 1.29 is 9.53 Å². The lowest BCUT2D eigenvalue weighted by Crippen LogP contribution is -2.35. The molecule has 0 aliphatic carbocycles. The number of hydrogen-bond acceptors (Lipinski definition) is 5. The molecule has 0 radical (unpaired) electrons. The molecule has 1 aliphatic rings. The first-order valence-corrected chi connectivity index (χ1v) is 7.76. The SMILES string of the molecule is COc1ccnc(C(=O)N2CCCN(Cc3ccn[nH]3)CC2)c1. The highest BCUT2D eigenvalue weighted by Crippen LogP contribution is 2.14. The van der Waals surface area contributed by atoms with E-state index in [9.17, 15) is 4.79 Å². The highest BCUT2D eigenvalue weighted by Gasteiger charge is 2.21. The van der Waals surface area contributed by atoms with Gasteiger partial charge in [-0.3, -0.25) is 19.8 Å². The zero-order chi connectivity index (χ0) is 16.1. The molecule has 1 saturated heterocycles. The van der Waals surface area contributed by atoms with Crippen LogP contribution in [0.2, 0.25) is 0 Å². The van der Waals surface area contributed by atoms with E-state index in [0.29, 0.717) is 18.0 Å². The lowest BCUT2D eigenvalue weighted by molar-refractivity contribution is 0.0754. The predicted molar refractivity (Wildman–Crippen MR) is 85.2 cm³/mol. The van der Waals surface area contributed by atoms with Crippen LogP contribution in [-0.2, 0) is 6.54 Å². The van der Waals surface area contributed by atoms with Gasteiger partial charge in [0.25, 0.3) is 5.91 Å². The Morgan fingerprint density at radius 1 is 1.26 bits per heavy atom. The Labute approximate surface area is 135 Å². The first-order chi connectivity index (χ1) is 11.3. The largest absolute Gasteiger partial charge is 0.497 e. The Kier molecular flexibility index (Phi) is 4.87. The predicted octanol–water partition coefficient (Wildman–Crippen LogP) is 1.16. The van der Waals surface area contributed by atoms with E-state index in [0.717, 1.165) is 38.3 Å². The van der Waals surface area contributed by atoms with Crippen molar-refractivity contribution in [3.63, 3.8) is 0 Å². The standard InChI is InChI=1S/C16H21N5O2/c1-23-14-4-5-17-15(11-14)16(22)21-8-2-7-20(9-10-21)12-13-3-6-18-19-13/h3-6,11H,2,7-10,12H2,1H3,(H,18,19). The van der Waals surface area contributed by atoms with Crippen LogP contribution in [0.3, 0.4) is 0 Å². The van der Waals surface area contributed by atoms with Crippen LogP contribution in [0.5, 0.6) is 5.75 Å². The van der Waals surface area contributed by atoms with E-state index >= 15 is 0 Å². The van der Waals surface area contributed by atoms with Crippen molar-refractivity contribution in [2.45, 2.75) is 13.0 Å². The van der Waals surface area contributed by atoms with Crippen LogP contribution in [0.1, 0.15) is 22.6 Å². The van der Waals surface area contributed by atoms with E-state index in [2.05, 4.69) is 20.1 Å². The molecule has 7 nitrogen and oxygen atoms in total. The Morgan fingerprint density at radius 3 is 2.96 bits per heavy atom. The molecule has 1 aliphatic heterocycles. The third kappa shape index (κ3) is 3.87. The van der Waals surface area contributed by atoms with Crippen molar-refractivity contribution in [3.05, 3.63) is 42.0 Å². The van der Waals surface area contributed by atoms with Crippen molar-refractivity contribution in [2.75, 3.05) is 33.3 Å². The summed E-state index contributed by atoms with van der Waals surface area (Å²) in [7, 11) is 1.59. The molecular formula is C16H21N5O2. The number of methoxy groups -OCH3 is 1. The van der Waals surface area contributed by atoms with E-state index in [4.69, 9.17) is 4.74 Å². The van der Waals surface area contributed by atoms with Crippen molar-refractivity contribution >= 4 is 5.91 Å². The van der Waals surface area contributed by atoms with Crippen LogP contribution < -0.4 is 4.74 Å². The highest BCUT2D eigenvalue weighted by molar-refractivity contribution is 5.92. The summed E-state index contributed by atoms with van der Waals surface area (Å²) < 4.78 is 5.16. The molecular weight excluding hydrogens is 294 g/mol. The van der Waals surface area contributed by atoms with Gasteiger partial charge in [-0.05, 0) is 18.6 Å². The van der Waals surface area contributed by atoms with Crippen molar-refractivity contribution in [2.24, 2.45) is 0 Å². The zero-order valence-electron chi connectivity index (χ0n) is 13.2. The Bertz CT molecular complexity index is 644. The van der Waals surface area contributed by atoms with Gasteiger partial charge in [0.05, 0.1) is 7.11 Å². The van der Waals surface area contributed by atoms with Crippen LogP contribution in [0, 0.1) is 0 Å². The molecule has 1 N–H and O–H groups in total. The number of carbonyl (C=O) groups excluding carboxylic acids is 1. The number of amides is 1. The molecule has 0 atom stereocenters. The normalized spacial score (nSPS) is 16.1. The fraction of sp³-hybridized carbons (Fsp3) is 0.438. The topological polar surface area (TPSA) is 74.3 Å². The summed E-state index contributed by atoms with van der Waals surface area (Å²) in [6.07, 6.45) is 4.32. The number of hydrogen-bond donors (Lipinski definition) is 1. The monoisotopic (exact) mass is 315 g/mol. The third-order valence-electron chi connectivity index (χ3n) is 4.01. The number of carbonyl (C=O) groups is 1. The summed E-state index contributed by atoms with van der Waals surface area (Å²) in [6.45, 7) is 4.09. The fourth-order valence-electron chi connectivity index (χ4n) is 2.76. The van der Waals surface area contributed by atoms with E-state index < -0.39 is 0 Å². The van der Waals surface area contributed by atoms with Gasteiger partial charge in [0.15, 0.2) is 0 Å². The molecule has 0 aromatic carbocycles. The average Bonchev–Trinajstić information content (AvgIpc) is 2.99. The molecule has 0 bridgehead atoms. The third-order valence-corrected chi connectivity index (χ3v) is 4.01. The number of nitrogens with zero attached hydrogens (tertiary/aromatic N) is 4. The minimum atomic E-state index is -0.0349. The second kappa shape index (κ2) is 7.23. The van der Waals surface area contributed by atoms with E-state index in [1.165, 1.54) is 0 Å². The van der Waals surface area contributed by atoms with Gasteiger partial charge in [0, 0.05) is 56.9 Å². The quantitative estimate of drug-likeness (QED) is 0.916. The summed E-state index contributed by atoms with van der Waals surface area (Å²) in [5.41, 5.74) is 1.53. The van der Waals surface area contributed by atoms with E-state index in [1.54, 1.807) is 31.6 Å². The number of nitrogens with one attached hydrogen (secondary N) is 1. The summed E-state index contributed by atoms with van der Waals surface area (Å²) >= 11 is 0. The van der Waals surface area contributed by atoms with Gasteiger partial charge in [0.1, 0.15) is 11.4 Å². The summed E-state index contributed by atoms with van der Waals surface area (Å²) in [4.78, 5) is 21.0. The molecule has 0 unspecified atom stereocenters. The number of ether oxygens (including phenoxy) is 1. The maximum absolute atomic E-state index is 12.6. The molecule has 3 heterocycles. The molecule has 0 spiro atoms. The van der Waals surface area contributed by atoms with Gasteiger partial charge >= 0.3 is 0 Å². The molecule has 0 saturated carbocycles. The smallest absolute Gasteiger partial charge is 0.272 e. The van der Waals surface area contributed by atoms with Gasteiger partial charge in [-0.2, -0.15) is 5.10 Å². The number of aromatic amines is 1. The molecule has 23 heavy (non-hydrogen) atoms. The first-order valence-electron chi connectivity index (χ1n) is 7.76. The Hall–Kier alpha value is -2.41. The summed E-state index contributed by atoms with van der Waals surface area (Å²) in [5, 5.41) is 6.96. The van der Waals surface area contributed by atoms with Gasteiger partial charge in [-0.1, -0.05) is 0 Å². The van der Waals surface area contributed by atoms with Crippen molar-refractivity contribution in [1.82, 2.24) is 25.0 Å². The van der Waals surface area contributed by atoms with E-state index in [-0.39, 0.29) is 5.91 Å². The van der Waals surface area contributed by atoms with Crippen LogP contribution in [-0.4, -0.2) is 64.2 Å². The average molecular weight is 315 g/mol. The molecule has 1 amide bonds. The Morgan fingerprint density at radius 2 is 2.17 bits per heavy atom. The van der Waals surface area contributed by atoms with Crippen LogP contribution in [0.15, 0.2) is 30.6 Å². The number of aromatic nitrogens is 3. The summed E-state index contributed by atoms with van der Waals surface area (Å²) in [5.74, 6) is 0.617. The molecule has 1 fully saturated rings. The number of rotatable bonds is 4. The van der Waals surface area contributed by atoms with Gasteiger partial charge < -0.3 is 9.64 Å². The molecule has 122 valence electrons. The van der Waals surface area contributed by atoms with Crippen molar-refractivity contribution in [1.29, 1.82) is 0 Å². The van der Waals surface area contributed by atoms with Gasteiger partial charge in [-0.15, -0.1) is 0 Å². The minimum absolute atomic E-state index is 0.0349. The first kappa shape index (κ1) is 15.5. The molecule has 2 aromatic rings. The molecule has 7 heteroatoms. The second-order valence-electron chi connectivity index (χ2n) is 5.58. The highest BCUT2D eigenvalue weighted by atomic mass is 16.5. The van der Waals surface area contributed by atoms with Crippen LogP contribution >= 0.6 is 0 Å². The van der Waals surface area contributed by atoms with Crippen LogP contribution in [0.25, 0.3) is 0 Å². The van der Waals surface area contributed by atoms with Gasteiger partial charge in [-0.25, -0.2) is 0 Å². The van der Waals surface area contributed by atoms with E-state index in [1.807, 2.05) is 11.0 Å². The van der Waals surface area contributed by atoms with Crippen LogP contribution in [0.4, 0.5) is 0 Å². The zero-order valence-corrected chi connectivity index (χ0v) is 13.2. The second-order valence-corrected chi connectivity index (χ2v) is 5.58. The lowest BCUT2D eigenvalue weighted by atomic mass is 10.3. The Balaban J connectivity index is 1.61.